The highest BCUT2D eigenvalue weighted by molar-refractivity contribution is 6.04. The third-order valence-electron chi connectivity index (χ3n) is 8.31. The first kappa shape index (κ1) is 27.7. The number of benzene rings is 1. The van der Waals surface area contributed by atoms with Gasteiger partial charge in [-0.15, -0.1) is 0 Å². The molecule has 3 atom stereocenters. The summed E-state index contributed by atoms with van der Waals surface area (Å²) in [5.41, 5.74) is 6.45. The van der Waals surface area contributed by atoms with E-state index >= 15 is 0 Å². The van der Waals surface area contributed by atoms with E-state index in [1.807, 2.05) is 31.2 Å². The fourth-order valence-electron chi connectivity index (χ4n) is 6.00. The summed E-state index contributed by atoms with van der Waals surface area (Å²) in [4.78, 5) is 21.5. The lowest BCUT2D eigenvalue weighted by atomic mass is 9.79. The number of carbonyl (C=O) groups is 1. The number of carbonyl (C=O) groups excluding carboxylic acids is 1. The minimum Gasteiger partial charge on any atom is -0.465 e. The van der Waals surface area contributed by atoms with E-state index < -0.39 is 0 Å². The molecular weight excluding hydrogens is 492 g/mol. The SMILES string of the molecule is CCOC(=O)c1c(-c2cccc(OC3CCO3)c2)nc2c(c1N1CCOCC1)C=C(CC)CC(C(C)C)C2C. The summed E-state index contributed by atoms with van der Waals surface area (Å²) >= 11 is 0. The Morgan fingerprint density at radius 3 is 2.59 bits per heavy atom. The Bertz CT molecular complexity index is 1210. The quantitative estimate of drug-likeness (QED) is 0.360. The number of allylic oxidation sites excluding steroid dienone is 1. The number of anilines is 1. The van der Waals surface area contributed by atoms with Gasteiger partial charge >= 0.3 is 5.97 Å². The van der Waals surface area contributed by atoms with Crippen LogP contribution < -0.4 is 9.64 Å². The Kier molecular flexibility index (Phi) is 8.57. The van der Waals surface area contributed by atoms with Gasteiger partial charge in [-0.25, -0.2) is 4.79 Å². The highest BCUT2D eigenvalue weighted by Crippen LogP contribution is 2.46. The average Bonchev–Trinajstić information content (AvgIpc) is 3.06. The first-order valence-corrected chi connectivity index (χ1v) is 14.6. The van der Waals surface area contributed by atoms with E-state index in [0.29, 0.717) is 61.8 Å². The number of morpholine rings is 1. The Labute approximate surface area is 232 Å². The number of hydrogen-bond acceptors (Lipinski definition) is 7. The van der Waals surface area contributed by atoms with Crippen molar-refractivity contribution < 1.29 is 23.7 Å². The van der Waals surface area contributed by atoms with Crippen molar-refractivity contribution in [2.45, 2.75) is 66.1 Å². The summed E-state index contributed by atoms with van der Waals surface area (Å²) in [6, 6.07) is 7.85. The van der Waals surface area contributed by atoms with E-state index in [4.69, 9.17) is 23.9 Å². The van der Waals surface area contributed by atoms with Crippen molar-refractivity contribution in [3.63, 3.8) is 0 Å². The predicted octanol–water partition coefficient (Wildman–Crippen LogP) is 6.46. The molecule has 1 aromatic heterocycles. The van der Waals surface area contributed by atoms with Crippen LogP contribution >= 0.6 is 0 Å². The molecule has 2 aromatic rings. The molecule has 0 amide bonds. The van der Waals surface area contributed by atoms with Gasteiger partial charge in [0.1, 0.15) is 11.3 Å². The minimum absolute atomic E-state index is 0.220. The first-order valence-electron chi connectivity index (χ1n) is 14.6. The number of esters is 1. The van der Waals surface area contributed by atoms with Crippen LogP contribution in [0.2, 0.25) is 0 Å². The molecular formula is C32H42N2O5. The van der Waals surface area contributed by atoms with E-state index in [2.05, 4.69) is 38.7 Å². The fraction of sp³-hybridized carbons (Fsp3) is 0.562. The Morgan fingerprint density at radius 1 is 1.18 bits per heavy atom. The Morgan fingerprint density at radius 2 is 1.95 bits per heavy atom. The maximum Gasteiger partial charge on any atom is 0.342 e. The normalized spacial score (nSPS) is 23.0. The average molecular weight is 535 g/mol. The number of fused-ring (bicyclic) bond motifs is 1. The van der Waals surface area contributed by atoms with Gasteiger partial charge in [-0.2, -0.15) is 0 Å². The summed E-state index contributed by atoms with van der Waals surface area (Å²) in [6.45, 7) is 14.6. The Hall–Kier alpha value is -2.90. The van der Waals surface area contributed by atoms with Gasteiger partial charge in [-0.05, 0) is 43.7 Å². The summed E-state index contributed by atoms with van der Waals surface area (Å²) in [5.74, 6) is 1.54. The van der Waals surface area contributed by atoms with Crippen molar-refractivity contribution in [3.05, 3.63) is 46.7 Å². The van der Waals surface area contributed by atoms with Crippen LogP contribution in [0.25, 0.3) is 17.3 Å². The zero-order valence-corrected chi connectivity index (χ0v) is 24.0. The maximum absolute atomic E-state index is 13.8. The smallest absolute Gasteiger partial charge is 0.342 e. The molecule has 2 aliphatic heterocycles. The van der Waals surface area contributed by atoms with Gasteiger partial charge in [0, 0.05) is 36.6 Å². The van der Waals surface area contributed by atoms with Crippen LogP contribution in [-0.2, 0) is 14.2 Å². The van der Waals surface area contributed by atoms with Gasteiger partial charge in [-0.1, -0.05) is 51.5 Å². The maximum atomic E-state index is 13.8. The standard InChI is InChI=1S/C32H42N2O5/c1-6-22-17-25(20(3)4)21(5)29-26(18-22)31(34-12-15-36-16-13-34)28(32(35)37-7-2)30(33-29)23-9-8-10-24(19-23)39-27-11-14-38-27/h8-10,18-21,25,27H,6-7,11-17H2,1-5H3. The van der Waals surface area contributed by atoms with Crippen LogP contribution in [0.1, 0.15) is 81.4 Å². The molecule has 3 heterocycles. The highest BCUT2D eigenvalue weighted by Gasteiger charge is 2.35. The molecule has 0 spiro atoms. The van der Waals surface area contributed by atoms with Crippen LogP contribution in [0, 0.1) is 11.8 Å². The van der Waals surface area contributed by atoms with Gasteiger partial charge in [0.25, 0.3) is 0 Å². The lowest BCUT2D eigenvalue weighted by molar-refractivity contribution is -0.165. The second-order valence-electron chi connectivity index (χ2n) is 11.1. The molecule has 0 bridgehead atoms. The van der Waals surface area contributed by atoms with Crippen molar-refractivity contribution in [2.75, 3.05) is 44.4 Å². The van der Waals surface area contributed by atoms with Crippen molar-refractivity contribution in [3.8, 4) is 17.0 Å². The van der Waals surface area contributed by atoms with Gasteiger partial charge in [-0.3, -0.25) is 4.98 Å². The molecule has 1 aliphatic carbocycles. The summed E-state index contributed by atoms with van der Waals surface area (Å²) in [5, 5.41) is 0. The van der Waals surface area contributed by atoms with Crippen LogP contribution in [-0.4, -0.2) is 56.8 Å². The van der Waals surface area contributed by atoms with Crippen molar-refractivity contribution in [2.24, 2.45) is 11.8 Å². The van der Waals surface area contributed by atoms with Gasteiger partial charge < -0.3 is 23.8 Å². The van der Waals surface area contributed by atoms with E-state index in [1.54, 1.807) is 0 Å². The third kappa shape index (κ3) is 5.71. The predicted molar refractivity (Wildman–Crippen MR) is 153 cm³/mol. The first-order chi connectivity index (χ1) is 18.9. The molecule has 0 saturated carbocycles. The molecule has 3 aliphatic rings. The van der Waals surface area contributed by atoms with Crippen LogP contribution in [0.15, 0.2) is 29.8 Å². The number of aromatic nitrogens is 1. The molecule has 39 heavy (non-hydrogen) atoms. The van der Waals surface area contributed by atoms with Crippen LogP contribution in [0.4, 0.5) is 5.69 Å². The minimum atomic E-state index is -0.346. The number of nitrogens with zero attached hydrogens (tertiary/aromatic N) is 2. The monoisotopic (exact) mass is 534 g/mol. The zero-order chi connectivity index (χ0) is 27.5. The molecule has 0 radical (unpaired) electrons. The molecule has 2 fully saturated rings. The van der Waals surface area contributed by atoms with E-state index in [1.165, 1.54) is 5.57 Å². The second-order valence-corrected chi connectivity index (χ2v) is 11.1. The van der Waals surface area contributed by atoms with Gasteiger partial charge in [0.2, 0.25) is 6.29 Å². The van der Waals surface area contributed by atoms with Crippen LogP contribution in [0.3, 0.4) is 0 Å². The lowest BCUT2D eigenvalue weighted by Gasteiger charge is -2.34. The molecule has 2 saturated heterocycles. The number of ether oxygens (including phenoxy) is 4. The molecule has 7 nitrogen and oxygen atoms in total. The fourth-order valence-corrected chi connectivity index (χ4v) is 6.00. The molecule has 1 aromatic carbocycles. The highest BCUT2D eigenvalue weighted by atomic mass is 16.7. The van der Waals surface area contributed by atoms with E-state index in [9.17, 15) is 4.79 Å². The number of pyridine rings is 1. The molecule has 3 unspecified atom stereocenters. The lowest BCUT2D eigenvalue weighted by Crippen LogP contribution is -2.38. The summed E-state index contributed by atoms with van der Waals surface area (Å²) < 4.78 is 22.9. The molecule has 0 N–H and O–H groups in total. The Balaban J connectivity index is 1.77. The second kappa shape index (κ2) is 12.1. The van der Waals surface area contributed by atoms with Crippen LogP contribution in [0.5, 0.6) is 5.75 Å². The summed E-state index contributed by atoms with van der Waals surface area (Å²) in [7, 11) is 0. The van der Waals surface area contributed by atoms with Crippen molar-refractivity contribution >= 4 is 17.7 Å². The van der Waals surface area contributed by atoms with Crippen molar-refractivity contribution in [1.29, 1.82) is 0 Å². The van der Waals surface area contributed by atoms with E-state index in [0.717, 1.165) is 48.4 Å². The summed E-state index contributed by atoms with van der Waals surface area (Å²) in [6.07, 6.45) is 4.96. The molecule has 7 heteroatoms. The molecule has 5 rings (SSSR count). The largest absolute Gasteiger partial charge is 0.465 e. The van der Waals surface area contributed by atoms with E-state index in [-0.39, 0.29) is 18.2 Å². The number of rotatable bonds is 8. The molecule has 210 valence electrons. The zero-order valence-electron chi connectivity index (χ0n) is 24.0. The third-order valence-corrected chi connectivity index (χ3v) is 8.31. The number of hydrogen-bond donors (Lipinski definition) is 0. The van der Waals surface area contributed by atoms with Gasteiger partial charge in [0.05, 0.1) is 43.5 Å². The topological polar surface area (TPSA) is 70.1 Å². The van der Waals surface area contributed by atoms with Gasteiger partial charge in [0.15, 0.2) is 0 Å². The van der Waals surface area contributed by atoms with Crippen molar-refractivity contribution in [1.82, 2.24) is 4.98 Å².